The molecule has 2 rings (SSSR count). The summed E-state index contributed by atoms with van der Waals surface area (Å²) in [4.78, 5) is 27.6. The summed E-state index contributed by atoms with van der Waals surface area (Å²) in [6, 6.07) is 6.42. The molecule has 10 heteroatoms. The topological polar surface area (TPSA) is 90.5 Å². The number of hydrogen-bond acceptors (Lipinski definition) is 5. The molecule has 1 aromatic carbocycles. The van der Waals surface area contributed by atoms with E-state index in [2.05, 4.69) is 0 Å². The van der Waals surface area contributed by atoms with Crippen molar-refractivity contribution in [2.24, 2.45) is 0 Å². The zero-order valence-corrected chi connectivity index (χ0v) is 16.9. The van der Waals surface area contributed by atoms with Gasteiger partial charge in [0.2, 0.25) is 0 Å². The van der Waals surface area contributed by atoms with Crippen LogP contribution in [0.2, 0.25) is 0 Å². The second-order valence-electron chi connectivity index (χ2n) is 6.28. The maximum atomic E-state index is 12.6. The second-order valence-corrected chi connectivity index (χ2v) is 8.46. The lowest BCUT2D eigenvalue weighted by Crippen LogP contribution is -2.50. The lowest BCUT2D eigenvalue weighted by Gasteiger charge is -2.34. The fourth-order valence-electron chi connectivity index (χ4n) is 2.68. The summed E-state index contributed by atoms with van der Waals surface area (Å²) >= 11 is 0. The number of piperazine rings is 1. The van der Waals surface area contributed by atoms with Crippen LogP contribution in [0.1, 0.15) is 17.3 Å². The fourth-order valence-corrected chi connectivity index (χ4v) is 3.56. The van der Waals surface area contributed by atoms with Gasteiger partial charge in [-0.05, 0) is 31.2 Å². The number of anilines is 1. The van der Waals surface area contributed by atoms with E-state index in [0.29, 0.717) is 44.0 Å². The third-order valence-corrected chi connectivity index (χ3v) is 6.20. The molecule has 1 saturated heterocycles. The molecule has 0 spiro atoms. The van der Waals surface area contributed by atoms with E-state index in [1.807, 2.05) is 0 Å². The Balaban J connectivity index is 2.01. The average molecular weight is 398 g/mol. The summed E-state index contributed by atoms with van der Waals surface area (Å²) in [6.07, 6.45) is -0.362. The third-order valence-electron chi connectivity index (χ3n) is 4.38. The van der Waals surface area contributed by atoms with Crippen LogP contribution in [0.25, 0.3) is 0 Å². The molecule has 1 fully saturated rings. The number of benzene rings is 1. The van der Waals surface area contributed by atoms with E-state index in [0.717, 1.165) is 8.61 Å². The van der Waals surface area contributed by atoms with Crippen molar-refractivity contribution in [3.05, 3.63) is 29.8 Å². The van der Waals surface area contributed by atoms with Crippen molar-refractivity contribution >= 4 is 27.9 Å². The van der Waals surface area contributed by atoms with Gasteiger partial charge in [-0.2, -0.15) is 12.7 Å². The molecule has 2 amide bonds. The van der Waals surface area contributed by atoms with Gasteiger partial charge in [-0.15, -0.1) is 0 Å². The summed E-state index contributed by atoms with van der Waals surface area (Å²) in [6.45, 7) is 3.77. The zero-order chi connectivity index (χ0) is 20.2. The van der Waals surface area contributed by atoms with Crippen LogP contribution in [-0.4, -0.2) is 88.5 Å². The zero-order valence-electron chi connectivity index (χ0n) is 16.1. The van der Waals surface area contributed by atoms with Crippen LogP contribution in [0.4, 0.5) is 10.5 Å². The van der Waals surface area contributed by atoms with Crippen molar-refractivity contribution in [1.29, 1.82) is 0 Å². The van der Waals surface area contributed by atoms with Crippen LogP contribution in [0.3, 0.4) is 0 Å². The van der Waals surface area contributed by atoms with Gasteiger partial charge in [-0.25, -0.2) is 4.79 Å². The summed E-state index contributed by atoms with van der Waals surface area (Å²) < 4.78 is 31.6. The molecular weight excluding hydrogens is 372 g/mol. The van der Waals surface area contributed by atoms with Crippen LogP contribution in [0, 0.1) is 0 Å². The Labute approximate surface area is 160 Å². The van der Waals surface area contributed by atoms with Crippen molar-refractivity contribution in [2.45, 2.75) is 6.92 Å². The largest absolute Gasteiger partial charge is 0.450 e. The number of amides is 2. The maximum Gasteiger partial charge on any atom is 0.409 e. The molecule has 27 heavy (non-hydrogen) atoms. The highest BCUT2D eigenvalue weighted by atomic mass is 32.2. The molecular formula is C17H26N4O5S. The SMILES string of the molecule is CCOC(=O)N1CCN(C(=O)c2ccc(N(C)S(=O)(=O)N(C)C)cc2)CC1. The molecule has 1 aliphatic rings. The third kappa shape index (κ3) is 4.69. The lowest BCUT2D eigenvalue weighted by molar-refractivity contribution is 0.0570. The number of hydrogen-bond donors (Lipinski definition) is 0. The molecule has 0 N–H and O–H groups in total. The highest BCUT2D eigenvalue weighted by Gasteiger charge is 2.26. The van der Waals surface area contributed by atoms with Gasteiger partial charge in [0.05, 0.1) is 12.3 Å². The van der Waals surface area contributed by atoms with Gasteiger partial charge in [0.25, 0.3) is 5.91 Å². The Morgan fingerprint density at radius 3 is 2.00 bits per heavy atom. The molecule has 0 saturated carbocycles. The molecule has 0 aromatic heterocycles. The molecule has 9 nitrogen and oxygen atoms in total. The van der Waals surface area contributed by atoms with Gasteiger partial charge in [0.1, 0.15) is 0 Å². The van der Waals surface area contributed by atoms with E-state index >= 15 is 0 Å². The van der Waals surface area contributed by atoms with Gasteiger partial charge in [0, 0.05) is 52.9 Å². The van der Waals surface area contributed by atoms with Crippen LogP contribution < -0.4 is 4.31 Å². The number of ether oxygens (including phenoxy) is 1. The Morgan fingerprint density at radius 2 is 1.52 bits per heavy atom. The van der Waals surface area contributed by atoms with Crippen LogP contribution in [0.5, 0.6) is 0 Å². The quantitative estimate of drug-likeness (QED) is 0.733. The smallest absolute Gasteiger partial charge is 0.409 e. The first-order valence-electron chi connectivity index (χ1n) is 8.66. The summed E-state index contributed by atoms with van der Waals surface area (Å²) in [5.41, 5.74) is 0.936. The number of carbonyl (C=O) groups excluding carboxylic acids is 2. The van der Waals surface area contributed by atoms with Crippen LogP contribution >= 0.6 is 0 Å². The summed E-state index contributed by atoms with van der Waals surface area (Å²) in [5.74, 6) is -0.150. The Kier molecular flexibility index (Phi) is 6.66. The number of carbonyl (C=O) groups is 2. The fraction of sp³-hybridized carbons (Fsp3) is 0.529. The average Bonchev–Trinajstić information content (AvgIpc) is 2.67. The summed E-state index contributed by atoms with van der Waals surface area (Å²) in [7, 11) is 0.794. The van der Waals surface area contributed by atoms with E-state index in [1.54, 1.807) is 41.0 Å². The minimum absolute atomic E-state index is 0.150. The molecule has 1 aromatic rings. The molecule has 0 aliphatic carbocycles. The molecule has 0 atom stereocenters. The van der Waals surface area contributed by atoms with Crippen LogP contribution in [0.15, 0.2) is 24.3 Å². The Bertz CT molecular complexity index is 771. The normalized spacial score (nSPS) is 15.0. The lowest BCUT2D eigenvalue weighted by atomic mass is 10.1. The Hall–Kier alpha value is -2.33. The highest BCUT2D eigenvalue weighted by molar-refractivity contribution is 7.90. The van der Waals surface area contributed by atoms with E-state index in [-0.39, 0.29) is 12.0 Å². The first-order chi connectivity index (χ1) is 12.7. The minimum Gasteiger partial charge on any atom is -0.450 e. The van der Waals surface area contributed by atoms with Crippen molar-refractivity contribution in [3.8, 4) is 0 Å². The number of rotatable bonds is 5. The summed E-state index contributed by atoms with van der Waals surface area (Å²) in [5, 5.41) is 0. The Morgan fingerprint density at radius 1 is 1.00 bits per heavy atom. The maximum absolute atomic E-state index is 12.6. The van der Waals surface area contributed by atoms with Gasteiger partial charge < -0.3 is 14.5 Å². The van der Waals surface area contributed by atoms with E-state index in [4.69, 9.17) is 4.74 Å². The van der Waals surface area contributed by atoms with E-state index in [9.17, 15) is 18.0 Å². The monoisotopic (exact) mass is 398 g/mol. The van der Waals surface area contributed by atoms with E-state index < -0.39 is 10.2 Å². The molecule has 150 valence electrons. The molecule has 0 unspecified atom stereocenters. The molecule has 0 radical (unpaired) electrons. The van der Waals surface area contributed by atoms with Crippen molar-refractivity contribution < 1.29 is 22.7 Å². The van der Waals surface area contributed by atoms with Crippen molar-refractivity contribution in [1.82, 2.24) is 14.1 Å². The predicted octanol–water partition coefficient (Wildman–Crippen LogP) is 0.844. The van der Waals surface area contributed by atoms with Gasteiger partial charge >= 0.3 is 16.3 Å². The molecule has 1 heterocycles. The molecule has 1 aliphatic heterocycles. The van der Waals surface area contributed by atoms with Crippen LogP contribution in [-0.2, 0) is 14.9 Å². The van der Waals surface area contributed by atoms with Gasteiger partial charge in [-0.1, -0.05) is 0 Å². The minimum atomic E-state index is -3.58. The van der Waals surface area contributed by atoms with Gasteiger partial charge in [0.15, 0.2) is 0 Å². The van der Waals surface area contributed by atoms with Crippen molar-refractivity contribution in [3.63, 3.8) is 0 Å². The first-order valence-corrected chi connectivity index (χ1v) is 10.1. The second kappa shape index (κ2) is 8.57. The predicted molar refractivity (Wildman–Crippen MR) is 102 cm³/mol. The number of nitrogens with zero attached hydrogens (tertiary/aromatic N) is 4. The highest BCUT2D eigenvalue weighted by Crippen LogP contribution is 2.19. The standard InChI is InChI=1S/C17H26N4O5S/c1-5-26-17(23)21-12-10-20(11-13-21)16(22)14-6-8-15(9-7-14)19(4)27(24,25)18(2)3/h6-9H,5,10-13H2,1-4H3. The van der Waals surface area contributed by atoms with Crippen molar-refractivity contribution in [2.75, 3.05) is 58.2 Å². The molecule has 0 bridgehead atoms. The van der Waals surface area contributed by atoms with E-state index in [1.165, 1.54) is 21.1 Å². The first kappa shape index (κ1) is 21.0. The van der Waals surface area contributed by atoms with Gasteiger partial charge in [-0.3, -0.25) is 9.10 Å².